The number of hydrogen-bond donors (Lipinski definition) is 2. The maximum absolute atomic E-state index is 12.6. The summed E-state index contributed by atoms with van der Waals surface area (Å²) in [6.07, 6.45) is 1.19. The molecule has 30 heavy (non-hydrogen) atoms. The fraction of sp³-hybridized carbons (Fsp3) is 0.167. The summed E-state index contributed by atoms with van der Waals surface area (Å²) in [5, 5.41) is 5.97. The van der Waals surface area contributed by atoms with Crippen LogP contribution in [0.25, 0.3) is 0 Å². The lowest BCUT2D eigenvalue weighted by molar-refractivity contribution is -0.116. The third-order valence-corrected chi connectivity index (χ3v) is 4.67. The summed E-state index contributed by atoms with van der Waals surface area (Å²) in [6.45, 7) is 2.39. The van der Waals surface area contributed by atoms with Crippen LogP contribution in [-0.2, 0) is 11.4 Å². The van der Waals surface area contributed by atoms with Crippen molar-refractivity contribution in [2.24, 2.45) is 0 Å². The highest BCUT2D eigenvalue weighted by Gasteiger charge is 2.11. The van der Waals surface area contributed by atoms with Gasteiger partial charge in [-0.1, -0.05) is 48.9 Å². The summed E-state index contributed by atoms with van der Waals surface area (Å²) in [5.74, 6) is 0.292. The number of ether oxygens (including phenoxy) is 1. The molecule has 3 aromatic carbocycles. The van der Waals surface area contributed by atoms with Crippen molar-refractivity contribution in [2.75, 3.05) is 10.6 Å². The van der Waals surface area contributed by atoms with E-state index in [4.69, 9.17) is 16.3 Å². The molecule has 2 N–H and O–H groups in total. The Morgan fingerprint density at radius 1 is 0.933 bits per heavy atom. The second-order valence-electron chi connectivity index (χ2n) is 6.75. The highest BCUT2D eigenvalue weighted by molar-refractivity contribution is 6.34. The summed E-state index contributed by atoms with van der Waals surface area (Å²) in [5.41, 5.74) is 2.55. The molecule has 0 saturated heterocycles. The zero-order valence-electron chi connectivity index (χ0n) is 16.7. The van der Waals surface area contributed by atoms with Crippen LogP contribution in [-0.4, -0.2) is 11.8 Å². The van der Waals surface area contributed by atoms with Crippen LogP contribution in [0.5, 0.6) is 5.75 Å². The number of anilines is 2. The third kappa shape index (κ3) is 6.09. The van der Waals surface area contributed by atoms with Crippen molar-refractivity contribution < 1.29 is 14.3 Å². The first-order chi connectivity index (χ1) is 14.5. The largest absolute Gasteiger partial charge is 0.489 e. The normalized spacial score (nSPS) is 10.3. The van der Waals surface area contributed by atoms with Crippen LogP contribution in [0.4, 0.5) is 11.4 Å². The summed E-state index contributed by atoms with van der Waals surface area (Å²) >= 11 is 6.20. The Bertz CT molecular complexity index is 1000. The number of carbonyl (C=O) groups excluding carboxylic acids is 2. The lowest BCUT2D eigenvalue weighted by atomic mass is 10.2. The first-order valence-corrected chi connectivity index (χ1v) is 10.1. The summed E-state index contributed by atoms with van der Waals surface area (Å²) in [4.78, 5) is 24.4. The number of amides is 2. The molecule has 0 unspecified atom stereocenters. The molecule has 0 aliphatic heterocycles. The molecule has 154 valence electrons. The predicted molar refractivity (Wildman–Crippen MR) is 120 cm³/mol. The van der Waals surface area contributed by atoms with Gasteiger partial charge in [0.2, 0.25) is 5.91 Å². The molecular formula is C24H23ClN2O3. The van der Waals surface area contributed by atoms with Crippen LogP contribution in [0.1, 0.15) is 35.7 Å². The fourth-order valence-electron chi connectivity index (χ4n) is 2.79. The molecule has 0 radical (unpaired) electrons. The van der Waals surface area contributed by atoms with Gasteiger partial charge in [-0.05, 0) is 54.4 Å². The molecule has 5 nitrogen and oxygen atoms in total. The van der Waals surface area contributed by atoms with E-state index in [1.807, 2.05) is 37.3 Å². The molecule has 0 spiro atoms. The number of rotatable bonds is 8. The molecule has 0 aromatic heterocycles. The van der Waals surface area contributed by atoms with Gasteiger partial charge in [0.1, 0.15) is 12.4 Å². The molecule has 0 aliphatic carbocycles. The van der Waals surface area contributed by atoms with E-state index in [1.54, 1.807) is 42.5 Å². The van der Waals surface area contributed by atoms with Gasteiger partial charge in [-0.15, -0.1) is 0 Å². The SMILES string of the molecule is CCCC(=O)Nc1ccc(Cl)c(NC(=O)c2ccc(OCc3ccccc3)cc2)c1. The van der Waals surface area contributed by atoms with E-state index in [0.29, 0.717) is 40.7 Å². The van der Waals surface area contributed by atoms with Gasteiger partial charge in [0.15, 0.2) is 0 Å². The zero-order chi connectivity index (χ0) is 21.3. The maximum Gasteiger partial charge on any atom is 0.255 e. The minimum Gasteiger partial charge on any atom is -0.489 e. The Kier molecular flexibility index (Phi) is 7.46. The van der Waals surface area contributed by atoms with Gasteiger partial charge in [-0.2, -0.15) is 0 Å². The summed E-state index contributed by atoms with van der Waals surface area (Å²) in [6, 6.07) is 21.7. The zero-order valence-corrected chi connectivity index (χ0v) is 17.4. The van der Waals surface area contributed by atoms with Crippen molar-refractivity contribution in [3.63, 3.8) is 0 Å². The molecule has 0 saturated carbocycles. The van der Waals surface area contributed by atoms with Crippen LogP contribution in [0.15, 0.2) is 72.8 Å². The third-order valence-electron chi connectivity index (χ3n) is 4.34. The number of hydrogen-bond acceptors (Lipinski definition) is 3. The van der Waals surface area contributed by atoms with Crippen LogP contribution in [0.3, 0.4) is 0 Å². The van der Waals surface area contributed by atoms with E-state index in [1.165, 1.54) is 0 Å². The molecule has 0 heterocycles. The van der Waals surface area contributed by atoms with E-state index >= 15 is 0 Å². The van der Waals surface area contributed by atoms with E-state index < -0.39 is 0 Å². The fourth-order valence-corrected chi connectivity index (χ4v) is 2.95. The molecule has 0 atom stereocenters. The lowest BCUT2D eigenvalue weighted by Gasteiger charge is -2.11. The van der Waals surface area contributed by atoms with Crippen molar-refractivity contribution >= 4 is 34.8 Å². The predicted octanol–water partition coefficient (Wildman–Crippen LogP) is 5.91. The van der Waals surface area contributed by atoms with Crippen LogP contribution >= 0.6 is 11.6 Å². The second kappa shape index (κ2) is 10.5. The van der Waals surface area contributed by atoms with E-state index in [-0.39, 0.29) is 11.8 Å². The Morgan fingerprint density at radius 2 is 1.67 bits per heavy atom. The van der Waals surface area contributed by atoms with Crippen molar-refractivity contribution in [2.45, 2.75) is 26.4 Å². The molecule has 3 aromatic rings. The molecule has 2 amide bonds. The van der Waals surface area contributed by atoms with E-state index in [2.05, 4.69) is 10.6 Å². The smallest absolute Gasteiger partial charge is 0.255 e. The quantitative estimate of drug-likeness (QED) is 0.474. The molecule has 3 rings (SSSR count). The molecular weight excluding hydrogens is 400 g/mol. The van der Waals surface area contributed by atoms with Gasteiger partial charge in [0, 0.05) is 17.7 Å². The maximum atomic E-state index is 12.6. The van der Waals surface area contributed by atoms with Crippen molar-refractivity contribution in [1.82, 2.24) is 0 Å². The van der Waals surface area contributed by atoms with Crippen molar-refractivity contribution in [1.29, 1.82) is 0 Å². The Balaban J connectivity index is 1.62. The first-order valence-electron chi connectivity index (χ1n) is 9.72. The van der Waals surface area contributed by atoms with E-state index in [0.717, 1.165) is 12.0 Å². The molecule has 0 fully saturated rings. The van der Waals surface area contributed by atoms with Gasteiger partial charge < -0.3 is 15.4 Å². The lowest BCUT2D eigenvalue weighted by Crippen LogP contribution is -2.14. The van der Waals surface area contributed by atoms with E-state index in [9.17, 15) is 9.59 Å². The van der Waals surface area contributed by atoms with Crippen molar-refractivity contribution in [3.05, 3.63) is 88.9 Å². The monoisotopic (exact) mass is 422 g/mol. The van der Waals surface area contributed by atoms with Gasteiger partial charge in [0.05, 0.1) is 10.7 Å². The van der Waals surface area contributed by atoms with Crippen LogP contribution in [0.2, 0.25) is 5.02 Å². The summed E-state index contributed by atoms with van der Waals surface area (Å²) < 4.78 is 5.74. The standard InChI is InChI=1S/C24H23ClN2O3/c1-2-6-23(28)26-19-11-14-21(25)22(15-19)27-24(29)18-9-12-20(13-10-18)30-16-17-7-4-3-5-8-17/h3-5,7-15H,2,6,16H2,1H3,(H,26,28)(H,27,29). The van der Waals surface area contributed by atoms with Gasteiger partial charge in [-0.25, -0.2) is 0 Å². The Morgan fingerprint density at radius 3 is 2.37 bits per heavy atom. The van der Waals surface area contributed by atoms with Crippen molar-refractivity contribution in [3.8, 4) is 5.75 Å². The molecule has 0 bridgehead atoms. The number of carbonyl (C=O) groups is 2. The number of benzene rings is 3. The average Bonchev–Trinajstić information content (AvgIpc) is 2.76. The minimum atomic E-state index is -0.302. The Labute approximate surface area is 181 Å². The molecule has 6 heteroatoms. The highest BCUT2D eigenvalue weighted by Crippen LogP contribution is 2.26. The number of halogens is 1. The average molecular weight is 423 g/mol. The van der Waals surface area contributed by atoms with Gasteiger partial charge >= 0.3 is 0 Å². The summed E-state index contributed by atoms with van der Waals surface area (Å²) in [7, 11) is 0. The van der Waals surface area contributed by atoms with Gasteiger partial charge in [0.25, 0.3) is 5.91 Å². The van der Waals surface area contributed by atoms with Gasteiger partial charge in [-0.3, -0.25) is 9.59 Å². The first kappa shape index (κ1) is 21.4. The molecule has 0 aliphatic rings. The highest BCUT2D eigenvalue weighted by atomic mass is 35.5. The second-order valence-corrected chi connectivity index (χ2v) is 7.15. The minimum absolute atomic E-state index is 0.0804. The number of nitrogens with one attached hydrogen (secondary N) is 2. The topological polar surface area (TPSA) is 67.4 Å². The van der Waals surface area contributed by atoms with Crippen LogP contribution in [0, 0.1) is 0 Å². The van der Waals surface area contributed by atoms with Crippen LogP contribution < -0.4 is 15.4 Å². The Hall–Kier alpha value is -3.31.